The van der Waals surface area contributed by atoms with Crippen LogP contribution in [0.25, 0.3) is 0 Å². The van der Waals surface area contributed by atoms with Crippen molar-refractivity contribution in [3.8, 4) is 0 Å². The van der Waals surface area contributed by atoms with Crippen LogP contribution in [0.3, 0.4) is 0 Å². The van der Waals surface area contributed by atoms with E-state index in [9.17, 15) is 24.6 Å². The number of aliphatic hydroxyl groups excluding tert-OH is 1. The van der Waals surface area contributed by atoms with Gasteiger partial charge in [0.05, 0.1) is 36.4 Å². The highest BCUT2D eigenvalue weighted by Gasteiger charge is 2.48. The third-order valence-corrected chi connectivity index (χ3v) is 10.4. The lowest BCUT2D eigenvalue weighted by atomic mass is 9.77. The molecule has 3 aliphatic heterocycles. The van der Waals surface area contributed by atoms with Crippen LogP contribution in [0.2, 0.25) is 0 Å². The Morgan fingerprint density at radius 2 is 1.80 bits per heavy atom. The minimum atomic E-state index is -1.46. The predicted molar refractivity (Wildman–Crippen MR) is 187 cm³/mol. The van der Waals surface area contributed by atoms with E-state index in [1.165, 1.54) is 0 Å². The number of hydrogen-bond donors (Lipinski definition) is 4. The van der Waals surface area contributed by atoms with Gasteiger partial charge in [-0.2, -0.15) is 0 Å². The summed E-state index contributed by atoms with van der Waals surface area (Å²) >= 11 is 0. The standard InChI is InChI=1S/C35H66N6O8/c1-23-20-35(5,46)32(25(3)30(44)26(4)33(45)37-13-11-29(43)40(9)21-23)49-34-31(27(38(6)7)19-24(2)48-34)47-18-10-12-36-28(42)22-41-16-14-39(8)15-17-41/h23-27,30-32,34,44,46H,10-22H2,1-9H3,(H,36,42)(H,37,45)/t23-,24-,25+,26-,27+,30+,31-,32-,34+,35-/m1/s1. The molecule has 49 heavy (non-hydrogen) atoms. The van der Waals surface area contributed by atoms with E-state index >= 15 is 0 Å². The smallest absolute Gasteiger partial charge is 0.234 e. The van der Waals surface area contributed by atoms with Gasteiger partial charge < -0.3 is 49.8 Å². The van der Waals surface area contributed by atoms with Crippen LogP contribution < -0.4 is 10.6 Å². The van der Waals surface area contributed by atoms with Crippen LogP contribution in [0.5, 0.6) is 0 Å². The van der Waals surface area contributed by atoms with Crippen molar-refractivity contribution in [2.45, 2.75) is 103 Å². The van der Waals surface area contributed by atoms with Gasteiger partial charge in [0, 0.05) is 77.8 Å². The lowest BCUT2D eigenvalue weighted by Gasteiger charge is -2.48. The van der Waals surface area contributed by atoms with Gasteiger partial charge in [-0.15, -0.1) is 0 Å². The average Bonchev–Trinajstić information content (AvgIpc) is 3.02. The van der Waals surface area contributed by atoms with Gasteiger partial charge in [-0.25, -0.2) is 0 Å². The fourth-order valence-electron chi connectivity index (χ4n) is 7.48. The summed E-state index contributed by atoms with van der Waals surface area (Å²) in [6, 6.07) is -0.0625. The summed E-state index contributed by atoms with van der Waals surface area (Å²) in [5, 5.41) is 29.4. The molecule has 14 heteroatoms. The number of rotatable bonds is 10. The lowest BCUT2D eigenvalue weighted by Crippen LogP contribution is -2.60. The first-order valence-electron chi connectivity index (χ1n) is 18.2. The summed E-state index contributed by atoms with van der Waals surface area (Å²) in [4.78, 5) is 46.4. The minimum absolute atomic E-state index is 0.00283. The van der Waals surface area contributed by atoms with E-state index < -0.39 is 42.0 Å². The van der Waals surface area contributed by atoms with E-state index in [1.807, 2.05) is 27.9 Å². The largest absolute Gasteiger partial charge is 0.392 e. The molecular formula is C35H66N6O8. The molecular weight excluding hydrogens is 632 g/mol. The molecule has 284 valence electrons. The monoisotopic (exact) mass is 698 g/mol. The lowest BCUT2D eigenvalue weighted by molar-refractivity contribution is -0.306. The summed E-state index contributed by atoms with van der Waals surface area (Å²) < 4.78 is 19.6. The SMILES string of the molecule is C[C@H]1CN(C)C(=O)CCNC(=O)[C@H](C)[C@@H](O)[C@H](C)[C@@H](O[C@@H]2O[C@H](C)C[C@H](N(C)C)[C@H]2OCCCNC(=O)CN2CCN(C)CC2)[C@](C)(O)C1. The zero-order valence-corrected chi connectivity index (χ0v) is 31.5. The quantitative estimate of drug-likeness (QED) is 0.227. The number of ether oxygens (including phenoxy) is 3. The number of nitrogens with one attached hydrogen (secondary N) is 2. The van der Waals surface area contributed by atoms with Crippen LogP contribution in [0, 0.1) is 17.8 Å². The van der Waals surface area contributed by atoms with Crippen molar-refractivity contribution in [1.29, 1.82) is 0 Å². The van der Waals surface area contributed by atoms with Crippen molar-refractivity contribution < 1.29 is 38.8 Å². The van der Waals surface area contributed by atoms with Crippen molar-refractivity contribution in [3.63, 3.8) is 0 Å². The van der Waals surface area contributed by atoms with E-state index in [0.29, 0.717) is 39.1 Å². The second kappa shape index (κ2) is 19.1. The molecule has 3 rings (SSSR count). The second-order valence-corrected chi connectivity index (χ2v) is 15.4. The number of likely N-dealkylation sites (N-methyl/N-ethyl adjacent to an activating group) is 2. The summed E-state index contributed by atoms with van der Waals surface area (Å²) in [5.74, 6) is -2.04. The van der Waals surface area contributed by atoms with Crippen molar-refractivity contribution in [2.75, 3.05) is 87.2 Å². The fourth-order valence-corrected chi connectivity index (χ4v) is 7.48. The Bertz CT molecular complexity index is 1060. The molecule has 3 saturated heterocycles. The molecule has 3 heterocycles. The third kappa shape index (κ3) is 12.4. The van der Waals surface area contributed by atoms with Crippen molar-refractivity contribution in [1.82, 2.24) is 30.2 Å². The topological polar surface area (TPSA) is 156 Å². The van der Waals surface area contributed by atoms with Crippen LogP contribution in [0.15, 0.2) is 0 Å². The van der Waals surface area contributed by atoms with E-state index in [2.05, 4.69) is 32.4 Å². The van der Waals surface area contributed by atoms with Crippen LogP contribution in [-0.2, 0) is 28.6 Å². The average molecular weight is 699 g/mol. The number of nitrogens with zero attached hydrogens (tertiary/aromatic N) is 4. The molecule has 10 atom stereocenters. The fraction of sp³-hybridized carbons (Fsp3) is 0.914. The molecule has 3 aliphatic rings. The number of aliphatic hydroxyl groups is 2. The number of amides is 3. The third-order valence-electron chi connectivity index (χ3n) is 10.4. The van der Waals surface area contributed by atoms with Crippen LogP contribution in [0.4, 0.5) is 0 Å². The van der Waals surface area contributed by atoms with Crippen LogP contribution in [-0.4, -0.2) is 177 Å². The maximum atomic E-state index is 13.0. The molecule has 0 aliphatic carbocycles. The van der Waals surface area contributed by atoms with Gasteiger partial charge in [0.2, 0.25) is 17.7 Å². The van der Waals surface area contributed by atoms with E-state index in [4.69, 9.17) is 14.2 Å². The molecule has 0 aromatic carbocycles. The van der Waals surface area contributed by atoms with Crippen molar-refractivity contribution in [3.05, 3.63) is 0 Å². The van der Waals surface area contributed by atoms with Gasteiger partial charge in [-0.05, 0) is 60.2 Å². The second-order valence-electron chi connectivity index (χ2n) is 15.4. The summed E-state index contributed by atoms with van der Waals surface area (Å²) in [5.41, 5.74) is -1.46. The highest BCUT2D eigenvalue weighted by molar-refractivity contribution is 5.80. The van der Waals surface area contributed by atoms with Crippen LogP contribution in [0.1, 0.15) is 60.3 Å². The molecule has 0 unspecified atom stereocenters. The first kappa shape index (κ1) is 41.5. The first-order valence-corrected chi connectivity index (χ1v) is 18.2. The Kier molecular flexibility index (Phi) is 16.2. The zero-order valence-electron chi connectivity index (χ0n) is 31.5. The number of carbonyl (C=O) groups excluding carboxylic acids is 3. The summed E-state index contributed by atoms with van der Waals surface area (Å²) in [6.45, 7) is 14.6. The van der Waals surface area contributed by atoms with Gasteiger partial charge >= 0.3 is 0 Å². The van der Waals surface area contributed by atoms with Gasteiger partial charge in [0.1, 0.15) is 6.10 Å². The minimum Gasteiger partial charge on any atom is -0.392 e. The molecule has 0 radical (unpaired) electrons. The Morgan fingerprint density at radius 3 is 2.45 bits per heavy atom. The van der Waals surface area contributed by atoms with E-state index in [-0.39, 0.29) is 55.2 Å². The van der Waals surface area contributed by atoms with Gasteiger partial charge in [-0.1, -0.05) is 20.8 Å². The van der Waals surface area contributed by atoms with E-state index in [0.717, 1.165) is 26.2 Å². The first-order chi connectivity index (χ1) is 23.0. The molecule has 0 aromatic heterocycles. The molecule has 0 bridgehead atoms. The zero-order chi connectivity index (χ0) is 36.5. The number of hydrogen-bond acceptors (Lipinski definition) is 11. The Balaban J connectivity index is 1.75. The summed E-state index contributed by atoms with van der Waals surface area (Å²) in [7, 11) is 7.78. The molecule has 4 N–H and O–H groups in total. The normalized spacial score (nSPS) is 36.7. The molecule has 14 nitrogen and oxygen atoms in total. The van der Waals surface area contributed by atoms with Crippen molar-refractivity contribution >= 4 is 17.7 Å². The van der Waals surface area contributed by atoms with Crippen molar-refractivity contribution in [2.24, 2.45) is 17.8 Å². The Morgan fingerprint density at radius 1 is 1.12 bits per heavy atom. The van der Waals surface area contributed by atoms with Gasteiger partial charge in [-0.3, -0.25) is 19.3 Å². The van der Waals surface area contributed by atoms with Crippen LogP contribution >= 0.6 is 0 Å². The van der Waals surface area contributed by atoms with E-state index in [1.54, 1.807) is 32.7 Å². The maximum Gasteiger partial charge on any atom is 0.234 e. The van der Waals surface area contributed by atoms with Gasteiger partial charge in [0.25, 0.3) is 0 Å². The summed E-state index contributed by atoms with van der Waals surface area (Å²) in [6.07, 6.45) is -1.92. The predicted octanol–water partition coefficient (Wildman–Crippen LogP) is -0.0358. The molecule has 0 spiro atoms. The molecule has 0 aromatic rings. The maximum absolute atomic E-state index is 13.0. The highest BCUT2D eigenvalue weighted by Crippen LogP contribution is 2.36. The Labute approximate surface area is 294 Å². The molecule has 3 amide bonds. The highest BCUT2D eigenvalue weighted by atomic mass is 16.7. The molecule has 0 saturated carbocycles. The molecule has 3 fully saturated rings. The Hall–Kier alpha value is -1.91. The number of carbonyl (C=O) groups is 3. The number of piperazine rings is 1. The van der Waals surface area contributed by atoms with Gasteiger partial charge in [0.15, 0.2) is 6.29 Å².